The fourth-order valence-corrected chi connectivity index (χ4v) is 5.14. The predicted molar refractivity (Wildman–Crippen MR) is 116 cm³/mol. The molecule has 5 nitrogen and oxygen atoms in total. The van der Waals surface area contributed by atoms with E-state index in [4.69, 9.17) is 18.9 Å². The number of hydrogen-bond acceptors (Lipinski definition) is 5. The molecule has 0 bridgehead atoms. The minimum absolute atomic E-state index is 0.355. The molecule has 2 heterocycles. The van der Waals surface area contributed by atoms with Crippen LogP contribution in [0.3, 0.4) is 0 Å². The lowest BCUT2D eigenvalue weighted by Crippen LogP contribution is -2.39. The highest BCUT2D eigenvalue weighted by molar-refractivity contribution is 5.54. The van der Waals surface area contributed by atoms with Gasteiger partial charge in [0.1, 0.15) is 0 Å². The highest BCUT2D eigenvalue weighted by Gasteiger charge is 2.35. The van der Waals surface area contributed by atoms with Crippen LogP contribution in [0.5, 0.6) is 23.0 Å². The van der Waals surface area contributed by atoms with Gasteiger partial charge in [0.15, 0.2) is 23.0 Å². The summed E-state index contributed by atoms with van der Waals surface area (Å²) in [5.74, 6) is 4.15. The van der Waals surface area contributed by atoms with Gasteiger partial charge >= 0.3 is 0 Å². The summed E-state index contributed by atoms with van der Waals surface area (Å²) in [4.78, 5) is 2.56. The summed E-state index contributed by atoms with van der Waals surface area (Å²) in [5, 5.41) is 0. The molecule has 0 saturated heterocycles. The van der Waals surface area contributed by atoms with E-state index in [0.29, 0.717) is 12.0 Å². The summed E-state index contributed by atoms with van der Waals surface area (Å²) in [6.07, 6.45) is 5.91. The number of methoxy groups -OCH3 is 3. The Hall–Kier alpha value is -2.40. The van der Waals surface area contributed by atoms with E-state index in [0.717, 1.165) is 55.5 Å². The van der Waals surface area contributed by atoms with Crippen LogP contribution in [0.25, 0.3) is 0 Å². The molecule has 0 N–H and O–H groups in total. The molecule has 5 heteroatoms. The monoisotopic (exact) mass is 409 g/mol. The maximum atomic E-state index is 6.18. The second-order valence-electron chi connectivity index (χ2n) is 8.69. The smallest absolute Gasteiger partial charge is 0.165 e. The van der Waals surface area contributed by atoms with Gasteiger partial charge in [-0.25, -0.2) is 0 Å². The molecule has 1 aliphatic carbocycles. The maximum Gasteiger partial charge on any atom is 0.165 e. The van der Waals surface area contributed by atoms with Gasteiger partial charge in [-0.2, -0.15) is 0 Å². The van der Waals surface area contributed by atoms with Crippen molar-refractivity contribution in [3.8, 4) is 23.0 Å². The first-order valence-electron chi connectivity index (χ1n) is 11.0. The average Bonchev–Trinajstić information content (AvgIpc) is 2.75. The Morgan fingerprint density at radius 3 is 2.47 bits per heavy atom. The van der Waals surface area contributed by atoms with Crippen molar-refractivity contribution in [2.75, 3.05) is 34.5 Å². The van der Waals surface area contributed by atoms with Crippen molar-refractivity contribution >= 4 is 0 Å². The SMILES string of the molecule is COc1cc2c(cc1OCC1CCC1)CCN1Cc3c(ccc(OC)c3OC)C[C@H]21. The summed E-state index contributed by atoms with van der Waals surface area (Å²) in [5.41, 5.74) is 5.36. The Morgan fingerprint density at radius 2 is 1.77 bits per heavy atom. The maximum absolute atomic E-state index is 6.18. The van der Waals surface area contributed by atoms with E-state index in [9.17, 15) is 0 Å². The number of hydrogen-bond donors (Lipinski definition) is 0. The summed E-state index contributed by atoms with van der Waals surface area (Å²) in [6, 6.07) is 9.02. The van der Waals surface area contributed by atoms with E-state index in [1.807, 2.05) is 6.07 Å². The Balaban J connectivity index is 1.45. The van der Waals surface area contributed by atoms with Gasteiger partial charge in [-0.1, -0.05) is 12.5 Å². The topological polar surface area (TPSA) is 40.2 Å². The number of nitrogens with zero attached hydrogens (tertiary/aromatic N) is 1. The zero-order valence-electron chi connectivity index (χ0n) is 18.2. The van der Waals surface area contributed by atoms with Crippen LogP contribution in [0, 0.1) is 5.92 Å². The molecule has 1 saturated carbocycles. The van der Waals surface area contributed by atoms with Gasteiger partial charge in [-0.3, -0.25) is 4.90 Å². The molecule has 0 amide bonds. The number of fused-ring (bicyclic) bond motifs is 4. The molecule has 2 aromatic rings. The Bertz CT molecular complexity index is 937. The van der Waals surface area contributed by atoms with Crippen LogP contribution in [-0.4, -0.2) is 39.4 Å². The normalized spacial score (nSPS) is 20.4. The van der Waals surface area contributed by atoms with Crippen molar-refractivity contribution in [1.82, 2.24) is 4.90 Å². The van der Waals surface area contributed by atoms with Gasteiger partial charge in [0.05, 0.1) is 27.9 Å². The van der Waals surface area contributed by atoms with Crippen LogP contribution in [0.15, 0.2) is 24.3 Å². The molecule has 2 aromatic carbocycles. The molecule has 0 unspecified atom stereocenters. The summed E-state index contributed by atoms with van der Waals surface area (Å²) >= 11 is 0. The van der Waals surface area contributed by atoms with E-state index in [1.54, 1.807) is 21.3 Å². The van der Waals surface area contributed by atoms with Crippen LogP contribution < -0.4 is 18.9 Å². The van der Waals surface area contributed by atoms with Crippen molar-refractivity contribution in [2.24, 2.45) is 5.92 Å². The number of benzene rings is 2. The molecule has 30 heavy (non-hydrogen) atoms. The van der Waals surface area contributed by atoms with E-state index < -0.39 is 0 Å². The lowest BCUT2D eigenvalue weighted by atomic mass is 9.83. The Labute approximate surface area is 178 Å². The van der Waals surface area contributed by atoms with E-state index in [1.165, 1.54) is 41.5 Å². The average molecular weight is 410 g/mol. The van der Waals surface area contributed by atoms with Crippen LogP contribution in [0.4, 0.5) is 0 Å². The first kappa shape index (κ1) is 19.6. The van der Waals surface area contributed by atoms with Gasteiger partial charge in [0.2, 0.25) is 0 Å². The van der Waals surface area contributed by atoms with Crippen LogP contribution >= 0.6 is 0 Å². The fraction of sp³-hybridized carbons (Fsp3) is 0.520. The van der Waals surface area contributed by atoms with Crippen LogP contribution in [0.1, 0.15) is 47.6 Å². The predicted octanol–water partition coefficient (Wildman–Crippen LogP) is 4.55. The highest BCUT2D eigenvalue weighted by Crippen LogP contribution is 2.46. The number of rotatable bonds is 6. The van der Waals surface area contributed by atoms with Gasteiger partial charge < -0.3 is 18.9 Å². The molecule has 1 atom stereocenters. The standard InChI is InChI=1S/C25H31NO4/c1-27-22-8-7-17-11-21-19-13-23(28-2)24(30-15-16-5-4-6-16)12-18(19)9-10-26(21)14-20(17)25(22)29-3/h7-8,12-13,16,21H,4-6,9-11,14-15H2,1-3H3/t21-/m1/s1. The minimum atomic E-state index is 0.355. The summed E-state index contributed by atoms with van der Waals surface area (Å²) < 4.78 is 23.1. The second kappa shape index (κ2) is 8.03. The molecule has 0 radical (unpaired) electrons. The molecule has 160 valence electrons. The van der Waals surface area contributed by atoms with E-state index in [-0.39, 0.29) is 0 Å². The molecule has 2 aliphatic heterocycles. The molecule has 5 rings (SSSR count). The highest BCUT2D eigenvalue weighted by atomic mass is 16.5. The molecular weight excluding hydrogens is 378 g/mol. The van der Waals surface area contributed by atoms with Crippen LogP contribution in [0.2, 0.25) is 0 Å². The molecule has 3 aliphatic rings. The molecule has 0 spiro atoms. The van der Waals surface area contributed by atoms with Gasteiger partial charge in [0.25, 0.3) is 0 Å². The zero-order valence-corrected chi connectivity index (χ0v) is 18.2. The minimum Gasteiger partial charge on any atom is -0.493 e. The van der Waals surface area contributed by atoms with Crippen LogP contribution in [-0.2, 0) is 19.4 Å². The van der Waals surface area contributed by atoms with E-state index in [2.05, 4.69) is 23.1 Å². The lowest BCUT2D eigenvalue weighted by molar-refractivity contribution is 0.155. The van der Waals surface area contributed by atoms with E-state index >= 15 is 0 Å². The third-order valence-corrected chi connectivity index (χ3v) is 7.11. The largest absolute Gasteiger partial charge is 0.493 e. The summed E-state index contributed by atoms with van der Waals surface area (Å²) in [6.45, 7) is 2.72. The fourth-order valence-electron chi connectivity index (χ4n) is 5.14. The van der Waals surface area contributed by atoms with Gasteiger partial charge in [0, 0.05) is 24.7 Å². The quantitative estimate of drug-likeness (QED) is 0.700. The first-order valence-corrected chi connectivity index (χ1v) is 11.0. The van der Waals surface area contributed by atoms with Crippen molar-refractivity contribution in [3.63, 3.8) is 0 Å². The molecule has 1 fully saturated rings. The van der Waals surface area contributed by atoms with Crippen molar-refractivity contribution < 1.29 is 18.9 Å². The number of ether oxygens (including phenoxy) is 4. The van der Waals surface area contributed by atoms with Crippen molar-refractivity contribution in [2.45, 2.75) is 44.7 Å². The van der Waals surface area contributed by atoms with Crippen molar-refractivity contribution in [3.05, 3.63) is 46.5 Å². The molecule has 0 aromatic heterocycles. The second-order valence-corrected chi connectivity index (χ2v) is 8.69. The third kappa shape index (κ3) is 3.29. The van der Waals surface area contributed by atoms with Gasteiger partial charge in [-0.15, -0.1) is 0 Å². The summed E-state index contributed by atoms with van der Waals surface area (Å²) in [7, 11) is 5.17. The molecular formula is C25H31NO4. The first-order chi connectivity index (χ1) is 14.7. The lowest BCUT2D eigenvalue weighted by Gasteiger charge is -2.42. The van der Waals surface area contributed by atoms with Crippen molar-refractivity contribution in [1.29, 1.82) is 0 Å². The Kier molecular flexibility index (Phi) is 5.23. The third-order valence-electron chi connectivity index (χ3n) is 7.11. The Morgan fingerprint density at radius 1 is 0.933 bits per heavy atom. The zero-order chi connectivity index (χ0) is 20.7. The van der Waals surface area contributed by atoms with Gasteiger partial charge in [-0.05, 0) is 66.5 Å².